The van der Waals surface area contributed by atoms with Gasteiger partial charge in [-0.1, -0.05) is 0 Å². The van der Waals surface area contributed by atoms with Crippen molar-refractivity contribution in [2.75, 3.05) is 5.73 Å². The van der Waals surface area contributed by atoms with Crippen molar-refractivity contribution in [3.05, 3.63) is 35.1 Å². The highest BCUT2D eigenvalue weighted by molar-refractivity contribution is 9.10. The van der Waals surface area contributed by atoms with Crippen LogP contribution in [-0.2, 0) is 0 Å². The Balaban J connectivity index is 2.70. The minimum Gasteiger partial charge on any atom is -0.396 e. The fourth-order valence-corrected chi connectivity index (χ4v) is 1.80. The molecule has 15 heavy (non-hydrogen) atoms. The Morgan fingerprint density at radius 1 is 1.47 bits per heavy atom. The molecule has 0 radical (unpaired) electrons. The molecule has 2 aromatic rings. The summed E-state index contributed by atoms with van der Waals surface area (Å²) in [5.41, 5.74) is 6.95. The van der Waals surface area contributed by atoms with Crippen LogP contribution in [0.5, 0.6) is 0 Å². The smallest absolute Gasteiger partial charge is 0.217 e. The molecule has 0 aromatic carbocycles. The van der Waals surface area contributed by atoms with E-state index in [4.69, 9.17) is 11.0 Å². The van der Waals surface area contributed by atoms with Gasteiger partial charge in [-0.05, 0) is 15.9 Å². The third-order valence-corrected chi connectivity index (χ3v) is 2.46. The van der Waals surface area contributed by atoms with E-state index in [1.807, 2.05) is 6.07 Å². The summed E-state index contributed by atoms with van der Waals surface area (Å²) in [6.45, 7) is 0. The quantitative estimate of drug-likeness (QED) is 0.845. The topological polar surface area (TPSA) is 80.5 Å². The van der Waals surface area contributed by atoms with Crippen LogP contribution < -0.4 is 5.73 Å². The lowest BCUT2D eigenvalue weighted by Crippen LogP contribution is -2.03. The summed E-state index contributed by atoms with van der Waals surface area (Å²) in [6, 6.07) is 1.98. The molecule has 0 spiro atoms. The Bertz CT molecular complexity index is 519. The predicted molar refractivity (Wildman–Crippen MR) is 58.2 cm³/mol. The van der Waals surface area contributed by atoms with E-state index in [0.29, 0.717) is 11.4 Å². The van der Waals surface area contributed by atoms with Crippen molar-refractivity contribution in [1.29, 1.82) is 5.26 Å². The van der Waals surface area contributed by atoms with Crippen LogP contribution in [0.2, 0.25) is 0 Å². The van der Waals surface area contributed by atoms with Gasteiger partial charge in [0.05, 0.1) is 22.0 Å². The van der Waals surface area contributed by atoms with Crippen LogP contribution in [0.4, 0.5) is 5.69 Å². The second kappa shape index (κ2) is 3.71. The third kappa shape index (κ3) is 1.57. The molecule has 0 aliphatic heterocycles. The van der Waals surface area contributed by atoms with Gasteiger partial charge in [-0.15, -0.1) is 0 Å². The molecule has 74 valence electrons. The van der Waals surface area contributed by atoms with E-state index in [1.54, 1.807) is 23.2 Å². The SMILES string of the molecule is N#Cc1nccn1-c1c(N)cncc1Br. The lowest BCUT2D eigenvalue weighted by atomic mass is 10.3. The first-order valence-electron chi connectivity index (χ1n) is 4.07. The van der Waals surface area contributed by atoms with Gasteiger partial charge in [-0.2, -0.15) is 5.26 Å². The molecule has 0 unspecified atom stereocenters. The molecule has 0 fully saturated rings. The lowest BCUT2D eigenvalue weighted by molar-refractivity contribution is 1.01. The van der Waals surface area contributed by atoms with E-state index >= 15 is 0 Å². The number of imidazole rings is 1. The van der Waals surface area contributed by atoms with Crippen LogP contribution in [0.1, 0.15) is 5.82 Å². The number of anilines is 1. The van der Waals surface area contributed by atoms with Crippen molar-refractivity contribution >= 4 is 21.6 Å². The summed E-state index contributed by atoms with van der Waals surface area (Å²) in [6.07, 6.45) is 6.37. The molecule has 5 nitrogen and oxygen atoms in total. The summed E-state index contributed by atoms with van der Waals surface area (Å²) in [5, 5.41) is 8.85. The van der Waals surface area contributed by atoms with Gasteiger partial charge in [0.25, 0.3) is 0 Å². The molecule has 0 bridgehead atoms. The molecule has 0 amide bonds. The third-order valence-electron chi connectivity index (χ3n) is 1.88. The zero-order valence-corrected chi connectivity index (χ0v) is 9.14. The average molecular weight is 264 g/mol. The van der Waals surface area contributed by atoms with Crippen LogP contribution in [0.25, 0.3) is 5.69 Å². The fourth-order valence-electron chi connectivity index (χ4n) is 1.26. The highest BCUT2D eigenvalue weighted by Gasteiger charge is 2.10. The van der Waals surface area contributed by atoms with E-state index in [1.165, 1.54) is 6.20 Å². The van der Waals surface area contributed by atoms with Crippen LogP contribution >= 0.6 is 15.9 Å². The second-order valence-electron chi connectivity index (χ2n) is 2.79. The maximum absolute atomic E-state index is 8.85. The molecule has 0 saturated carbocycles. The van der Waals surface area contributed by atoms with Crippen molar-refractivity contribution in [3.63, 3.8) is 0 Å². The largest absolute Gasteiger partial charge is 0.396 e. The van der Waals surface area contributed by atoms with Crippen molar-refractivity contribution < 1.29 is 0 Å². The Labute approximate surface area is 94.3 Å². The standard InChI is InChI=1S/C9H6BrN5/c10-6-4-13-5-7(12)9(6)15-2-1-14-8(15)3-11/h1-2,4-5H,12H2. The Kier molecular flexibility index (Phi) is 2.39. The number of aromatic nitrogens is 3. The lowest BCUT2D eigenvalue weighted by Gasteiger charge is -2.08. The Hall–Kier alpha value is -1.87. The maximum Gasteiger partial charge on any atom is 0.217 e. The van der Waals surface area contributed by atoms with Crippen molar-refractivity contribution in [2.45, 2.75) is 0 Å². The molecular formula is C9H6BrN5. The van der Waals surface area contributed by atoms with E-state index in [0.717, 1.165) is 4.47 Å². The number of nitriles is 1. The van der Waals surface area contributed by atoms with Gasteiger partial charge >= 0.3 is 0 Å². The van der Waals surface area contributed by atoms with E-state index in [-0.39, 0.29) is 5.82 Å². The predicted octanol–water partition coefficient (Wildman–Crippen LogP) is 1.48. The number of halogens is 1. The van der Waals surface area contributed by atoms with Gasteiger partial charge in [0, 0.05) is 18.6 Å². The molecule has 2 heterocycles. The molecule has 2 rings (SSSR count). The summed E-state index contributed by atoms with van der Waals surface area (Å²) in [7, 11) is 0. The number of nitrogen functional groups attached to an aromatic ring is 1. The molecule has 2 aromatic heterocycles. The minimum absolute atomic E-state index is 0.286. The summed E-state index contributed by atoms with van der Waals surface area (Å²) < 4.78 is 2.33. The summed E-state index contributed by atoms with van der Waals surface area (Å²) in [4.78, 5) is 7.82. The first-order chi connectivity index (χ1) is 7.24. The molecule has 0 atom stereocenters. The van der Waals surface area contributed by atoms with E-state index in [9.17, 15) is 0 Å². The van der Waals surface area contributed by atoms with Crippen LogP contribution in [0, 0.1) is 11.3 Å². The summed E-state index contributed by atoms with van der Waals surface area (Å²) in [5.74, 6) is 0.286. The monoisotopic (exact) mass is 263 g/mol. The van der Waals surface area contributed by atoms with Crippen LogP contribution in [0.3, 0.4) is 0 Å². The normalized spacial score (nSPS) is 9.87. The maximum atomic E-state index is 8.85. The van der Waals surface area contributed by atoms with Crippen LogP contribution in [-0.4, -0.2) is 14.5 Å². The second-order valence-corrected chi connectivity index (χ2v) is 3.65. The number of nitrogens with zero attached hydrogens (tertiary/aromatic N) is 4. The fraction of sp³-hybridized carbons (Fsp3) is 0. The zero-order chi connectivity index (χ0) is 10.8. The van der Waals surface area contributed by atoms with Crippen molar-refractivity contribution in [3.8, 4) is 11.8 Å². The number of pyridine rings is 1. The minimum atomic E-state index is 0.286. The molecular weight excluding hydrogens is 258 g/mol. The number of nitrogens with two attached hydrogens (primary N) is 1. The zero-order valence-electron chi connectivity index (χ0n) is 7.55. The Morgan fingerprint density at radius 2 is 2.27 bits per heavy atom. The van der Waals surface area contributed by atoms with Gasteiger partial charge in [-0.3, -0.25) is 9.55 Å². The molecule has 2 N–H and O–H groups in total. The highest BCUT2D eigenvalue weighted by atomic mass is 79.9. The number of rotatable bonds is 1. The van der Waals surface area contributed by atoms with Gasteiger partial charge in [0.15, 0.2) is 0 Å². The average Bonchev–Trinajstić information content (AvgIpc) is 2.65. The van der Waals surface area contributed by atoms with Gasteiger partial charge < -0.3 is 5.73 Å². The van der Waals surface area contributed by atoms with Gasteiger partial charge in [0.2, 0.25) is 5.82 Å². The van der Waals surface area contributed by atoms with E-state index < -0.39 is 0 Å². The highest BCUT2D eigenvalue weighted by Crippen LogP contribution is 2.26. The van der Waals surface area contributed by atoms with Gasteiger partial charge in [0.1, 0.15) is 6.07 Å². The Morgan fingerprint density at radius 3 is 2.93 bits per heavy atom. The molecule has 0 aliphatic carbocycles. The van der Waals surface area contributed by atoms with Crippen molar-refractivity contribution in [1.82, 2.24) is 14.5 Å². The molecule has 6 heteroatoms. The van der Waals surface area contributed by atoms with Crippen molar-refractivity contribution in [2.24, 2.45) is 0 Å². The first-order valence-corrected chi connectivity index (χ1v) is 4.86. The van der Waals surface area contributed by atoms with Crippen LogP contribution in [0.15, 0.2) is 29.3 Å². The first kappa shape index (κ1) is 9.68. The molecule has 0 aliphatic rings. The van der Waals surface area contributed by atoms with E-state index in [2.05, 4.69) is 25.9 Å². The number of hydrogen-bond donors (Lipinski definition) is 1. The number of hydrogen-bond acceptors (Lipinski definition) is 4. The molecule has 0 saturated heterocycles. The van der Waals surface area contributed by atoms with Gasteiger partial charge in [-0.25, -0.2) is 4.98 Å². The summed E-state index contributed by atoms with van der Waals surface area (Å²) >= 11 is 3.33.